The highest BCUT2D eigenvalue weighted by Crippen LogP contribution is 2.52. The van der Waals surface area contributed by atoms with Crippen LogP contribution in [-0.4, -0.2) is 22.9 Å². The zero-order valence-corrected chi connectivity index (χ0v) is 11.9. The number of fused-ring (bicyclic) bond motifs is 1. The predicted octanol–water partition coefficient (Wildman–Crippen LogP) is 2.28. The maximum absolute atomic E-state index is 12.0. The molecule has 0 saturated heterocycles. The van der Waals surface area contributed by atoms with E-state index in [2.05, 4.69) is 6.92 Å². The van der Waals surface area contributed by atoms with Crippen molar-refractivity contribution >= 4 is 18.0 Å². The Kier molecular flexibility index (Phi) is 3.74. The molecule has 3 aliphatic carbocycles. The quantitative estimate of drug-likeness (QED) is 0.579. The normalized spacial score (nSPS) is 35.0. The van der Waals surface area contributed by atoms with Crippen LogP contribution in [0.3, 0.4) is 0 Å². The van der Waals surface area contributed by atoms with Crippen LogP contribution >= 0.6 is 0 Å². The Morgan fingerprint density at radius 1 is 1.39 bits per heavy atom. The van der Waals surface area contributed by atoms with Gasteiger partial charge >= 0.3 is 0 Å². The van der Waals surface area contributed by atoms with Crippen molar-refractivity contribution in [1.82, 2.24) is 0 Å². The highest BCUT2D eigenvalue weighted by molar-refractivity contribution is 7.90. The summed E-state index contributed by atoms with van der Waals surface area (Å²) in [6, 6.07) is 0. The SMILES string of the molecule is [B]C1C2C=CC(S(=O)(=O)OCC(C)C)=CC1C2C. The van der Waals surface area contributed by atoms with Crippen LogP contribution < -0.4 is 0 Å². The summed E-state index contributed by atoms with van der Waals surface area (Å²) in [5, 5.41) is 0. The average Bonchev–Trinajstić information content (AvgIpc) is 2.58. The van der Waals surface area contributed by atoms with Crippen molar-refractivity contribution in [3.8, 4) is 0 Å². The first-order valence-corrected chi connectivity index (χ1v) is 7.79. The van der Waals surface area contributed by atoms with Crippen molar-refractivity contribution in [3.05, 3.63) is 23.1 Å². The van der Waals surface area contributed by atoms with Gasteiger partial charge in [0, 0.05) is 0 Å². The summed E-state index contributed by atoms with van der Waals surface area (Å²) in [7, 11) is 2.38. The Hall–Kier alpha value is -0.545. The molecule has 3 nitrogen and oxygen atoms in total. The minimum Gasteiger partial charge on any atom is -0.266 e. The van der Waals surface area contributed by atoms with E-state index in [-0.39, 0.29) is 35.1 Å². The zero-order chi connectivity index (χ0) is 13.5. The Morgan fingerprint density at radius 2 is 2.06 bits per heavy atom. The van der Waals surface area contributed by atoms with Gasteiger partial charge in [0.15, 0.2) is 0 Å². The minimum absolute atomic E-state index is 0.0362. The highest BCUT2D eigenvalue weighted by atomic mass is 32.2. The minimum atomic E-state index is -3.64. The van der Waals surface area contributed by atoms with Gasteiger partial charge < -0.3 is 0 Å². The maximum Gasteiger partial charge on any atom is 0.296 e. The Bertz CT molecular complexity index is 468. The van der Waals surface area contributed by atoms with Crippen molar-refractivity contribution in [2.45, 2.75) is 26.6 Å². The van der Waals surface area contributed by atoms with Crippen LogP contribution in [-0.2, 0) is 14.3 Å². The molecule has 1 saturated carbocycles. The molecule has 4 atom stereocenters. The van der Waals surface area contributed by atoms with Gasteiger partial charge in [0.05, 0.1) is 19.4 Å². The van der Waals surface area contributed by atoms with Crippen LogP contribution in [0.5, 0.6) is 0 Å². The van der Waals surface area contributed by atoms with Crippen molar-refractivity contribution < 1.29 is 12.6 Å². The van der Waals surface area contributed by atoms with Gasteiger partial charge in [-0.2, -0.15) is 8.42 Å². The summed E-state index contributed by atoms with van der Waals surface area (Å²) in [6.45, 7) is 6.15. The summed E-state index contributed by atoms with van der Waals surface area (Å²) in [5.41, 5.74) is 0. The molecular formula is C13H19BO3S. The molecule has 0 spiro atoms. The molecule has 2 radical (unpaired) electrons. The van der Waals surface area contributed by atoms with Gasteiger partial charge in [-0.15, -0.1) is 0 Å². The third kappa shape index (κ3) is 2.43. The summed E-state index contributed by atoms with van der Waals surface area (Å²) >= 11 is 0. The third-order valence-corrected chi connectivity index (χ3v) is 5.08. The van der Waals surface area contributed by atoms with Crippen LogP contribution in [0, 0.1) is 23.7 Å². The fourth-order valence-electron chi connectivity index (χ4n) is 2.55. The lowest BCUT2D eigenvalue weighted by molar-refractivity contribution is 0.176. The van der Waals surface area contributed by atoms with Crippen LogP contribution in [0.25, 0.3) is 0 Å². The molecule has 0 aromatic rings. The molecule has 4 unspecified atom stereocenters. The lowest BCUT2D eigenvalue weighted by atomic mass is 9.50. The number of rotatable bonds is 4. The first-order valence-electron chi connectivity index (χ1n) is 6.38. The zero-order valence-electron chi connectivity index (χ0n) is 11.0. The molecule has 0 amide bonds. The van der Waals surface area contributed by atoms with E-state index in [0.717, 1.165) is 0 Å². The van der Waals surface area contributed by atoms with E-state index >= 15 is 0 Å². The van der Waals surface area contributed by atoms with Crippen LogP contribution in [0.1, 0.15) is 20.8 Å². The topological polar surface area (TPSA) is 43.4 Å². The van der Waals surface area contributed by atoms with Gasteiger partial charge in [-0.3, -0.25) is 4.18 Å². The predicted molar refractivity (Wildman–Crippen MR) is 72.6 cm³/mol. The largest absolute Gasteiger partial charge is 0.296 e. The van der Waals surface area contributed by atoms with Gasteiger partial charge in [0.2, 0.25) is 0 Å². The van der Waals surface area contributed by atoms with Gasteiger partial charge in [-0.1, -0.05) is 38.7 Å². The van der Waals surface area contributed by atoms with E-state index < -0.39 is 10.1 Å². The van der Waals surface area contributed by atoms with Crippen molar-refractivity contribution in [2.75, 3.05) is 6.61 Å². The molecular weight excluding hydrogens is 247 g/mol. The molecule has 18 heavy (non-hydrogen) atoms. The summed E-state index contributed by atoms with van der Waals surface area (Å²) in [5.74, 6) is 1.05. The number of hydrogen-bond donors (Lipinski definition) is 0. The maximum atomic E-state index is 12.0. The molecule has 0 aliphatic heterocycles. The first-order chi connectivity index (χ1) is 8.33. The van der Waals surface area contributed by atoms with E-state index in [9.17, 15) is 8.42 Å². The molecule has 98 valence electrons. The Balaban J connectivity index is 2.19. The summed E-state index contributed by atoms with van der Waals surface area (Å²) in [4.78, 5) is 0.260. The molecule has 1 fully saturated rings. The lowest BCUT2D eigenvalue weighted by Gasteiger charge is -2.46. The number of allylic oxidation sites excluding steroid dienone is 3. The highest BCUT2D eigenvalue weighted by Gasteiger charge is 2.43. The molecule has 5 heteroatoms. The standard InChI is InChI=1S/C13H19BO3S/c1-8(2)7-17-18(15,16)10-4-5-11-9(3)12(6-10)13(11)14/h4-6,8-9,11-13H,7H2,1-3H3. The lowest BCUT2D eigenvalue weighted by Crippen LogP contribution is -2.38. The first kappa shape index (κ1) is 13.9. The summed E-state index contributed by atoms with van der Waals surface area (Å²) in [6.07, 6.45) is 5.30. The second kappa shape index (κ2) is 4.85. The monoisotopic (exact) mass is 266 g/mol. The molecule has 0 heterocycles. The van der Waals surface area contributed by atoms with Crippen LogP contribution in [0.15, 0.2) is 23.1 Å². The second-order valence-electron chi connectivity index (χ2n) is 5.65. The third-order valence-electron chi connectivity index (χ3n) is 3.79. The van der Waals surface area contributed by atoms with Gasteiger partial charge in [-0.05, 0) is 29.7 Å². The van der Waals surface area contributed by atoms with Crippen molar-refractivity contribution in [3.63, 3.8) is 0 Å². The Morgan fingerprint density at radius 3 is 2.61 bits per heavy atom. The van der Waals surface area contributed by atoms with Crippen LogP contribution in [0.4, 0.5) is 0 Å². The summed E-state index contributed by atoms with van der Waals surface area (Å²) < 4.78 is 29.1. The van der Waals surface area contributed by atoms with Gasteiger partial charge in [0.1, 0.15) is 0 Å². The smallest absolute Gasteiger partial charge is 0.266 e. The van der Waals surface area contributed by atoms with E-state index in [1.807, 2.05) is 19.9 Å². The average molecular weight is 266 g/mol. The van der Waals surface area contributed by atoms with E-state index in [0.29, 0.717) is 5.92 Å². The molecule has 3 aliphatic rings. The molecule has 0 aromatic carbocycles. The fraction of sp³-hybridized carbons (Fsp3) is 0.692. The molecule has 0 N–H and O–H groups in total. The van der Waals surface area contributed by atoms with E-state index in [1.165, 1.54) is 0 Å². The number of hydrogen-bond acceptors (Lipinski definition) is 3. The second-order valence-corrected chi connectivity index (χ2v) is 7.27. The van der Waals surface area contributed by atoms with Crippen molar-refractivity contribution in [2.24, 2.45) is 23.7 Å². The van der Waals surface area contributed by atoms with E-state index in [1.54, 1.807) is 12.2 Å². The molecule has 3 rings (SSSR count). The van der Waals surface area contributed by atoms with Crippen molar-refractivity contribution in [1.29, 1.82) is 0 Å². The van der Waals surface area contributed by atoms with Gasteiger partial charge in [-0.25, -0.2) is 0 Å². The van der Waals surface area contributed by atoms with E-state index in [4.69, 9.17) is 12.0 Å². The molecule has 0 aromatic heterocycles. The Labute approximate surface area is 111 Å². The molecule has 2 bridgehead atoms. The van der Waals surface area contributed by atoms with Crippen LogP contribution in [0.2, 0.25) is 5.82 Å². The fourth-order valence-corrected chi connectivity index (χ4v) is 3.70. The van der Waals surface area contributed by atoms with Gasteiger partial charge in [0.25, 0.3) is 10.1 Å².